The summed E-state index contributed by atoms with van der Waals surface area (Å²) in [5.41, 5.74) is 5.69. The van der Waals surface area contributed by atoms with E-state index in [2.05, 4.69) is 34.9 Å². The molecule has 0 bridgehead atoms. The molecular weight excluding hydrogens is 364 g/mol. The predicted octanol–water partition coefficient (Wildman–Crippen LogP) is 3.84. The van der Waals surface area contributed by atoms with E-state index >= 15 is 0 Å². The number of hydrogen-bond acceptors (Lipinski definition) is 3. The number of carbonyl (C=O) groups is 2. The Balaban J connectivity index is 1.42. The Hall–Kier alpha value is -3.60. The van der Waals surface area contributed by atoms with Gasteiger partial charge in [-0.2, -0.15) is 0 Å². The van der Waals surface area contributed by atoms with Crippen LogP contribution >= 0.6 is 0 Å². The minimum atomic E-state index is -0.554. The van der Waals surface area contributed by atoms with Crippen molar-refractivity contribution in [3.8, 4) is 11.1 Å². The van der Waals surface area contributed by atoms with E-state index in [0.717, 1.165) is 16.7 Å². The van der Waals surface area contributed by atoms with Crippen molar-refractivity contribution in [1.82, 2.24) is 10.6 Å². The Morgan fingerprint density at radius 3 is 2.10 bits per heavy atom. The third-order valence-corrected chi connectivity index (χ3v) is 5.19. The standard InChI is InChI=1S/C24H22N2O3/c27-16-25-23(14-17-8-2-1-3-9-17)26-24(28)29-15-22-20-12-6-4-10-18(20)19-11-5-7-13-21(19)22/h1-13,16,22-23H,14-15H2,(H,25,27)(H,26,28)/t23-/m0/s1. The van der Waals surface area contributed by atoms with Crippen LogP contribution in [0.1, 0.15) is 22.6 Å². The predicted molar refractivity (Wildman–Crippen MR) is 111 cm³/mol. The van der Waals surface area contributed by atoms with Crippen LogP contribution in [-0.2, 0) is 16.0 Å². The number of hydrogen-bond donors (Lipinski definition) is 2. The monoisotopic (exact) mass is 386 g/mol. The molecule has 0 aliphatic heterocycles. The fourth-order valence-electron chi connectivity index (χ4n) is 3.87. The zero-order valence-electron chi connectivity index (χ0n) is 15.9. The average Bonchev–Trinajstić information content (AvgIpc) is 3.07. The van der Waals surface area contributed by atoms with Crippen LogP contribution in [0, 0.1) is 0 Å². The van der Waals surface area contributed by atoms with Crippen LogP contribution in [0.15, 0.2) is 78.9 Å². The third kappa shape index (κ3) is 4.14. The van der Waals surface area contributed by atoms with E-state index in [9.17, 15) is 9.59 Å². The third-order valence-electron chi connectivity index (χ3n) is 5.19. The molecule has 29 heavy (non-hydrogen) atoms. The largest absolute Gasteiger partial charge is 0.449 e. The first-order chi connectivity index (χ1) is 14.3. The lowest BCUT2D eigenvalue weighted by Gasteiger charge is -2.19. The number of nitrogens with one attached hydrogen (secondary N) is 2. The maximum atomic E-state index is 12.4. The maximum absolute atomic E-state index is 12.4. The molecular formula is C24H22N2O3. The highest BCUT2D eigenvalue weighted by molar-refractivity contribution is 5.79. The molecule has 0 heterocycles. The van der Waals surface area contributed by atoms with E-state index < -0.39 is 12.3 Å². The molecule has 3 aromatic rings. The van der Waals surface area contributed by atoms with Crippen molar-refractivity contribution >= 4 is 12.5 Å². The molecule has 5 heteroatoms. The van der Waals surface area contributed by atoms with Crippen molar-refractivity contribution < 1.29 is 14.3 Å². The number of fused-ring (bicyclic) bond motifs is 3. The molecule has 1 aliphatic rings. The minimum Gasteiger partial charge on any atom is -0.449 e. The van der Waals surface area contributed by atoms with Crippen molar-refractivity contribution in [3.05, 3.63) is 95.6 Å². The van der Waals surface area contributed by atoms with Crippen LogP contribution in [0.5, 0.6) is 0 Å². The van der Waals surface area contributed by atoms with Crippen LogP contribution in [0.4, 0.5) is 4.79 Å². The van der Waals surface area contributed by atoms with Gasteiger partial charge in [-0.05, 0) is 27.8 Å². The molecule has 0 spiro atoms. The molecule has 0 saturated heterocycles. The van der Waals surface area contributed by atoms with Crippen LogP contribution in [-0.4, -0.2) is 25.3 Å². The average molecular weight is 386 g/mol. The number of alkyl carbamates (subject to hydrolysis) is 1. The summed E-state index contributed by atoms with van der Waals surface area (Å²) >= 11 is 0. The van der Waals surface area contributed by atoms with Crippen molar-refractivity contribution in [1.29, 1.82) is 0 Å². The molecule has 0 saturated carbocycles. The zero-order valence-corrected chi connectivity index (χ0v) is 15.9. The highest BCUT2D eigenvalue weighted by Crippen LogP contribution is 2.44. The Labute approximate surface area is 169 Å². The summed E-state index contributed by atoms with van der Waals surface area (Å²) in [6, 6.07) is 26.0. The number of amides is 2. The summed E-state index contributed by atoms with van der Waals surface area (Å²) in [6.07, 6.45) is -0.0334. The highest BCUT2D eigenvalue weighted by Gasteiger charge is 2.29. The quantitative estimate of drug-likeness (QED) is 0.479. The molecule has 146 valence electrons. The van der Waals surface area contributed by atoms with E-state index in [4.69, 9.17) is 4.74 Å². The number of carbonyl (C=O) groups excluding carboxylic acids is 2. The van der Waals surface area contributed by atoms with E-state index in [0.29, 0.717) is 12.8 Å². The van der Waals surface area contributed by atoms with Crippen LogP contribution < -0.4 is 10.6 Å². The van der Waals surface area contributed by atoms with Gasteiger partial charge in [0.15, 0.2) is 0 Å². The fraction of sp³-hybridized carbons (Fsp3) is 0.167. The summed E-state index contributed by atoms with van der Waals surface area (Å²) in [5, 5.41) is 5.36. The van der Waals surface area contributed by atoms with Gasteiger partial charge in [-0.15, -0.1) is 0 Å². The van der Waals surface area contributed by atoms with Crippen molar-refractivity contribution in [3.63, 3.8) is 0 Å². The van der Waals surface area contributed by atoms with E-state index in [1.807, 2.05) is 54.6 Å². The molecule has 2 amide bonds. The second kappa shape index (κ2) is 8.61. The van der Waals surface area contributed by atoms with Crippen molar-refractivity contribution in [2.75, 3.05) is 6.61 Å². The van der Waals surface area contributed by atoms with Gasteiger partial charge in [0.2, 0.25) is 6.41 Å². The summed E-state index contributed by atoms with van der Waals surface area (Å²) in [7, 11) is 0. The first kappa shape index (κ1) is 18.7. The maximum Gasteiger partial charge on any atom is 0.408 e. The fourth-order valence-corrected chi connectivity index (χ4v) is 3.87. The van der Waals surface area contributed by atoms with Crippen LogP contribution in [0.2, 0.25) is 0 Å². The number of benzene rings is 3. The zero-order chi connectivity index (χ0) is 20.1. The van der Waals surface area contributed by atoms with Gasteiger partial charge in [0.05, 0.1) is 0 Å². The minimum absolute atomic E-state index is 0.000228. The molecule has 1 aliphatic carbocycles. The van der Waals surface area contributed by atoms with Gasteiger partial charge < -0.3 is 15.4 Å². The second-order valence-electron chi connectivity index (χ2n) is 7.00. The molecule has 0 fully saturated rings. The molecule has 3 aromatic carbocycles. The Morgan fingerprint density at radius 1 is 0.897 bits per heavy atom. The molecule has 5 nitrogen and oxygen atoms in total. The molecule has 0 radical (unpaired) electrons. The van der Waals surface area contributed by atoms with Crippen LogP contribution in [0.25, 0.3) is 11.1 Å². The second-order valence-corrected chi connectivity index (χ2v) is 7.00. The lowest BCUT2D eigenvalue weighted by molar-refractivity contribution is -0.110. The lowest BCUT2D eigenvalue weighted by atomic mass is 9.98. The van der Waals surface area contributed by atoms with E-state index in [1.165, 1.54) is 11.1 Å². The summed E-state index contributed by atoms with van der Waals surface area (Å²) < 4.78 is 5.55. The highest BCUT2D eigenvalue weighted by atomic mass is 16.5. The summed E-state index contributed by atoms with van der Waals surface area (Å²) in [6.45, 7) is 0.235. The number of rotatable bonds is 7. The Kier molecular flexibility index (Phi) is 5.56. The SMILES string of the molecule is O=CN[C@H](Cc1ccccc1)NC(=O)OCC1c2ccccc2-c2ccccc21. The molecule has 1 atom stereocenters. The Morgan fingerprint density at radius 2 is 1.48 bits per heavy atom. The van der Waals surface area contributed by atoms with Gasteiger partial charge in [-0.25, -0.2) is 4.79 Å². The van der Waals surface area contributed by atoms with E-state index in [-0.39, 0.29) is 12.5 Å². The van der Waals surface area contributed by atoms with Gasteiger partial charge in [0.25, 0.3) is 0 Å². The van der Waals surface area contributed by atoms with Gasteiger partial charge >= 0.3 is 6.09 Å². The van der Waals surface area contributed by atoms with Gasteiger partial charge in [0.1, 0.15) is 12.8 Å². The number of ether oxygens (including phenoxy) is 1. The van der Waals surface area contributed by atoms with Crippen LogP contribution in [0.3, 0.4) is 0 Å². The van der Waals surface area contributed by atoms with Gasteiger partial charge in [-0.1, -0.05) is 78.9 Å². The first-order valence-electron chi connectivity index (χ1n) is 9.61. The Bertz CT molecular complexity index is 958. The van der Waals surface area contributed by atoms with Gasteiger partial charge in [-0.3, -0.25) is 4.79 Å². The van der Waals surface area contributed by atoms with Gasteiger partial charge in [0, 0.05) is 12.3 Å². The van der Waals surface area contributed by atoms with Crippen molar-refractivity contribution in [2.45, 2.75) is 18.5 Å². The first-order valence-corrected chi connectivity index (χ1v) is 9.61. The molecule has 2 N–H and O–H groups in total. The topological polar surface area (TPSA) is 67.4 Å². The van der Waals surface area contributed by atoms with E-state index in [1.54, 1.807) is 0 Å². The molecule has 4 rings (SSSR count). The smallest absolute Gasteiger partial charge is 0.408 e. The lowest BCUT2D eigenvalue weighted by Crippen LogP contribution is -2.46. The summed E-state index contributed by atoms with van der Waals surface area (Å²) in [5.74, 6) is -0.000228. The molecule has 0 aromatic heterocycles. The normalized spacial score (nSPS) is 13.1. The molecule has 0 unspecified atom stereocenters. The van der Waals surface area contributed by atoms with Crippen molar-refractivity contribution in [2.24, 2.45) is 0 Å². The summed E-state index contributed by atoms with van der Waals surface area (Å²) in [4.78, 5) is 23.3.